The van der Waals surface area contributed by atoms with Gasteiger partial charge in [0.1, 0.15) is 11.2 Å². The molecule has 2 aromatic rings. The van der Waals surface area contributed by atoms with Gasteiger partial charge in [0.2, 0.25) is 0 Å². The molecule has 1 saturated heterocycles. The van der Waals surface area contributed by atoms with E-state index in [-0.39, 0.29) is 6.09 Å². The lowest BCUT2D eigenvalue weighted by molar-refractivity contribution is -0.147. The van der Waals surface area contributed by atoms with E-state index in [1.165, 1.54) is 11.1 Å². The van der Waals surface area contributed by atoms with E-state index in [4.69, 9.17) is 14.2 Å². The Morgan fingerprint density at radius 3 is 2.29 bits per heavy atom. The van der Waals surface area contributed by atoms with E-state index < -0.39 is 11.2 Å². The van der Waals surface area contributed by atoms with Crippen LogP contribution in [0.2, 0.25) is 0 Å². The highest BCUT2D eigenvalue weighted by atomic mass is 16.6. The Morgan fingerprint density at radius 2 is 1.61 bits per heavy atom. The molecule has 0 aliphatic carbocycles. The Morgan fingerprint density at radius 1 is 0.968 bits per heavy atom. The fourth-order valence-corrected chi connectivity index (χ4v) is 3.79. The first-order chi connectivity index (χ1) is 14.8. The van der Waals surface area contributed by atoms with Gasteiger partial charge in [-0.25, -0.2) is 4.79 Å². The smallest absolute Gasteiger partial charge is 0.410 e. The van der Waals surface area contributed by atoms with Gasteiger partial charge in [0, 0.05) is 13.2 Å². The average molecular weight is 426 g/mol. The van der Waals surface area contributed by atoms with E-state index in [0.29, 0.717) is 32.9 Å². The lowest BCUT2D eigenvalue weighted by Crippen LogP contribution is -2.63. The number of aryl methyl sites for hydroxylation is 1. The molecule has 1 aliphatic heterocycles. The van der Waals surface area contributed by atoms with Gasteiger partial charge in [-0.3, -0.25) is 0 Å². The summed E-state index contributed by atoms with van der Waals surface area (Å²) in [4.78, 5) is 14.2. The molecule has 0 unspecified atom stereocenters. The molecule has 3 rings (SSSR count). The van der Waals surface area contributed by atoms with Gasteiger partial charge >= 0.3 is 6.09 Å². The number of likely N-dealkylation sites (tertiary alicyclic amines) is 1. The third-order valence-electron chi connectivity index (χ3n) is 5.35. The van der Waals surface area contributed by atoms with Crippen LogP contribution in [-0.4, -0.2) is 42.9 Å². The molecule has 0 saturated carbocycles. The summed E-state index contributed by atoms with van der Waals surface area (Å²) in [6.45, 7) is 10.7. The molecule has 1 heterocycles. The first-order valence-corrected chi connectivity index (χ1v) is 11.1. The standard InChI is InChI=1S/C26H35NO4/c1-21-12-8-9-15-23(21)26(19-27(20-26)24(28)31-25(2,3)4)30-17-11-10-16-29-18-22-13-6-5-7-14-22/h5-9,12-15H,10-11,16-20H2,1-4H3. The monoisotopic (exact) mass is 425 g/mol. The molecular weight excluding hydrogens is 390 g/mol. The lowest BCUT2D eigenvalue weighted by atomic mass is 9.83. The summed E-state index contributed by atoms with van der Waals surface area (Å²) in [7, 11) is 0. The summed E-state index contributed by atoms with van der Waals surface area (Å²) >= 11 is 0. The number of hydrogen-bond donors (Lipinski definition) is 0. The molecule has 31 heavy (non-hydrogen) atoms. The van der Waals surface area contributed by atoms with Gasteiger partial charge in [0.15, 0.2) is 0 Å². The van der Waals surface area contributed by atoms with Crippen LogP contribution in [0.4, 0.5) is 4.79 Å². The van der Waals surface area contributed by atoms with Crippen LogP contribution >= 0.6 is 0 Å². The van der Waals surface area contributed by atoms with Crippen LogP contribution in [0.3, 0.4) is 0 Å². The highest BCUT2D eigenvalue weighted by Crippen LogP contribution is 2.38. The fraction of sp³-hybridized carbons (Fsp3) is 0.500. The molecular formula is C26H35NO4. The van der Waals surface area contributed by atoms with Crippen LogP contribution in [0.5, 0.6) is 0 Å². The summed E-state index contributed by atoms with van der Waals surface area (Å²) in [5.41, 5.74) is 2.55. The van der Waals surface area contributed by atoms with Crippen molar-refractivity contribution < 1.29 is 19.0 Å². The minimum absolute atomic E-state index is 0.283. The van der Waals surface area contributed by atoms with Gasteiger partial charge in [-0.15, -0.1) is 0 Å². The van der Waals surface area contributed by atoms with Gasteiger partial charge < -0.3 is 19.1 Å². The Hall–Kier alpha value is -2.37. The maximum atomic E-state index is 12.4. The van der Waals surface area contributed by atoms with Crippen molar-refractivity contribution in [3.05, 3.63) is 71.3 Å². The van der Waals surface area contributed by atoms with E-state index in [1.54, 1.807) is 4.90 Å². The molecule has 0 aromatic heterocycles. The number of carbonyl (C=O) groups excluding carboxylic acids is 1. The molecule has 0 N–H and O–H groups in total. The fourth-order valence-electron chi connectivity index (χ4n) is 3.79. The maximum absolute atomic E-state index is 12.4. The minimum Gasteiger partial charge on any atom is -0.444 e. The molecule has 2 aromatic carbocycles. The Bertz CT molecular complexity index is 838. The highest BCUT2D eigenvalue weighted by Gasteiger charge is 2.49. The minimum atomic E-state index is -0.501. The van der Waals surface area contributed by atoms with Gasteiger partial charge in [0.25, 0.3) is 0 Å². The van der Waals surface area contributed by atoms with Crippen molar-refractivity contribution in [2.75, 3.05) is 26.3 Å². The first-order valence-electron chi connectivity index (χ1n) is 11.1. The molecule has 0 radical (unpaired) electrons. The van der Waals surface area contributed by atoms with Crippen molar-refractivity contribution >= 4 is 6.09 Å². The van der Waals surface area contributed by atoms with Crippen LogP contribution < -0.4 is 0 Å². The summed E-state index contributed by atoms with van der Waals surface area (Å²) in [5.74, 6) is 0. The Kier molecular flexibility index (Phi) is 7.74. The van der Waals surface area contributed by atoms with Crippen LogP contribution in [0.1, 0.15) is 50.3 Å². The van der Waals surface area contributed by atoms with Crippen molar-refractivity contribution in [3.8, 4) is 0 Å². The zero-order chi connectivity index (χ0) is 22.3. The van der Waals surface area contributed by atoms with Crippen LogP contribution in [0.25, 0.3) is 0 Å². The number of carbonyl (C=O) groups is 1. The third kappa shape index (κ3) is 6.55. The predicted octanol–water partition coefficient (Wildman–Crippen LogP) is 5.45. The second-order valence-corrected chi connectivity index (χ2v) is 9.24. The topological polar surface area (TPSA) is 48.0 Å². The molecule has 168 valence electrons. The van der Waals surface area contributed by atoms with Gasteiger partial charge in [-0.1, -0.05) is 54.6 Å². The summed E-state index contributed by atoms with van der Waals surface area (Å²) in [6.07, 6.45) is 1.57. The molecule has 0 atom stereocenters. The SMILES string of the molecule is Cc1ccccc1C1(OCCCCOCc2ccccc2)CN(C(=O)OC(C)(C)C)C1. The third-order valence-corrected chi connectivity index (χ3v) is 5.35. The Labute approximate surface area is 186 Å². The molecule has 5 nitrogen and oxygen atoms in total. The largest absolute Gasteiger partial charge is 0.444 e. The average Bonchev–Trinajstić information content (AvgIpc) is 2.69. The number of ether oxygens (including phenoxy) is 3. The van der Waals surface area contributed by atoms with E-state index in [1.807, 2.05) is 51.1 Å². The quantitative estimate of drug-likeness (QED) is 0.501. The zero-order valence-corrected chi connectivity index (χ0v) is 19.2. The number of unbranched alkanes of at least 4 members (excludes halogenated alkanes) is 1. The summed E-state index contributed by atoms with van der Waals surface area (Å²) in [5, 5.41) is 0. The summed E-state index contributed by atoms with van der Waals surface area (Å²) in [6, 6.07) is 18.5. The zero-order valence-electron chi connectivity index (χ0n) is 19.2. The van der Waals surface area contributed by atoms with Gasteiger partial charge in [-0.2, -0.15) is 0 Å². The lowest BCUT2D eigenvalue weighted by Gasteiger charge is -2.50. The highest BCUT2D eigenvalue weighted by molar-refractivity contribution is 5.70. The molecule has 1 fully saturated rings. The summed E-state index contributed by atoms with van der Waals surface area (Å²) < 4.78 is 17.7. The predicted molar refractivity (Wildman–Crippen MR) is 122 cm³/mol. The van der Waals surface area contributed by atoms with E-state index in [2.05, 4.69) is 31.2 Å². The van der Waals surface area contributed by atoms with Crippen LogP contribution in [-0.2, 0) is 26.4 Å². The van der Waals surface area contributed by atoms with E-state index in [0.717, 1.165) is 18.4 Å². The normalized spacial score (nSPS) is 15.4. The number of amides is 1. The van der Waals surface area contributed by atoms with Crippen molar-refractivity contribution in [1.29, 1.82) is 0 Å². The van der Waals surface area contributed by atoms with Gasteiger partial charge in [0.05, 0.1) is 19.7 Å². The van der Waals surface area contributed by atoms with Crippen LogP contribution in [0, 0.1) is 6.92 Å². The first kappa shape index (κ1) is 23.3. The molecule has 0 bridgehead atoms. The van der Waals surface area contributed by atoms with Crippen molar-refractivity contribution in [2.24, 2.45) is 0 Å². The number of nitrogens with zero attached hydrogens (tertiary/aromatic N) is 1. The molecule has 5 heteroatoms. The number of hydrogen-bond acceptors (Lipinski definition) is 4. The van der Waals surface area contributed by atoms with E-state index >= 15 is 0 Å². The number of rotatable bonds is 9. The van der Waals surface area contributed by atoms with Gasteiger partial charge in [-0.05, 0) is 57.2 Å². The van der Waals surface area contributed by atoms with Crippen molar-refractivity contribution in [3.63, 3.8) is 0 Å². The van der Waals surface area contributed by atoms with Crippen molar-refractivity contribution in [1.82, 2.24) is 4.90 Å². The molecule has 1 aliphatic rings. The molecule has 1 amide bonds. The Balaban J connectivity index is 1.48. The van der Waals surface area contributed by atoms with Crippen molar-refractivity contribution in [2.45, 2.75) is 58.3 Å². The van der Waals surface area contributed by atoms with E-state index in [9.17, 15) is 4.79 Å². The second kappa shape index (κ2) is 10.3. The molecule has 0 spiro atoms. The maximum Gasteiger partial charge on any atom is 0.410 e. The van der Waals surface area contributed by atoms with Crippen LogP contribution in [0.15, 0.2) is 54.6 Å². The second-order valence-electron chi connectivity index (χ2n) is 9.24. The number of benzene rings is 2.